The van der Waals surface area contributed by atoms with Gasteiger partial charge in [0.2, 0.25) is 0 Å². The van der Waals surface area contributed by atoms with E-state index in [-0.39, 0.29) is 11.4 Å². The van der Waals surface area contributed by atoms with Gasteiger partial charge in [0.05, 0.1) is 11.1 Å². The number of hydrogen-bond donors (Lipinski definition) is 2. The van der Waals surface area contributed by atoms with Gasteiger partial charge in [0.15, 0.2) is 9.84 Å². The molecule has 0 aliphatic rings. The van der Waals surface area contributed by atoms with Gasteiger partial charge in [-0.2, -0.15) is 5.10 Å². The normalized spacial score (nSPS) is 14.2. The van der Waals surface area contributed by atoms with Crippen molar-refractivity contribution in [2.75, 3.05) is 18.1 Å². The molecule has 0 fully saturated rings. The van der Waals surface area contributed by atoms with E-state index >= 15 is 0 Å². The fourth-order valence-electron chi connectivity index (χ4n) is 2.15. The first-order valence-electron chi connectivity index (χ1n) is 6.94. The number of aromatic nitrogens is 2. The number of nitrogens with one attached hydrogen (secondary N) is 1. The van der Waals surface area contributed by atoms with E-state index in [9.17, 15) is 23.6 Å². The number of aliphatic hydroxyl groups is 1. The lowest BCUT2D eigenvalue weighted by Crippen LogP contribution is -2.30. The van der Waals surface area contributed by atoms with Crippen LogP contribution in [-0.4, -0.2) is 41.0 Å². The van der Waals surface area contributed by atoms with Crippen LogP contribution in [0.4, 0.5) is 11.4 Å². The Hall–Kier alpha value is -2.46. The Kier molecular flexibility index (Phi) is 4.63. The standard InChI is InChI=1S/C14H18N4O5S/c1-14(19,10-7-16-17(2)8-10)9-15-11-4-5-12(18(20)21)13(6-11)24(3,22)23/h4-8,15,19H,9H2,1-3H3. The van der Waals surface area contributed by atoms with E-state index in [1.165, 1.54) is 18.3 Å². The Bertz CT molecular complexity index is 873. The highest BCUT2D eigenvalue weighted by molar-refractivity contribution is 7.90. The number of anilines is 1. The summed E-state index contributed by atoms with van der Waals surface area (Å²) in [6, 6.07) is 3.70. The second-order valence-electron chi connectivity index (χ2n) is 5.74. The van der Waals surface area contributed by atoms with Gasteiger partial charge in [-0.15, -0.1) is 0 Å². The van der Waals surface area contributed by atoms with Gasteiger partial charge in [0.25, 0.3) is 5.69 Å². The van der Waals surface area contributed by atoms with Crippen molar-refractivity contribution in [2.45, 2.75) is 17.4 Å². The smallest absolute Gasteiger partial charge is 0.288 e. The molecule has 1 aromatic heterocycles. The minimum absolute atomic E-state index is 0.0692. The van der Waals surface area contributed by atoms with Crippen molar-refractivity contribution in [1.29, 1.82) is 0 Å². The highest BCUT2D eigenvalue weighted by atomic mass is 32.2. The van der Waals surface area contributed by atoms with Crippen molar-refractivity contribution < 1.29 is 18.4 Å². The average molecular weight is 354 g/mol. The Balaban J connectivity index is 2.26. The van der Waals surface area contributed by atoms with Crippen LogP contribution < -0.4 is 5.32 Å². The van der Waals surface area contributed by atoms with E-state index < -0.39 is 26.0 Å². The molecule has 1 heterocycles. The van der Waals surface area contributed by atoms with Crippen molar-refractivity contribution in [3.05, 3.63) is 46.3 Å². The zero-order valence-electron chi connectivity index (χ0n) is 13.4. The highest BCUT2D eigenvalue weighted by Crippen LogP contribution is 2.28. The van der Waals surface area contributed by atoms with Gasteiger partial charge in [0.1, 0.15) is 10.5 Å². The Labute approximate surface area is 139 Å². The largest absolute Gasteiger partial charge is 0.383 e. The molecule has 130 valence electrons. The van der Waals surface area contributed by atoms with Gasteiger partial charge in [-0.3, -0.25) is 14.8 Å². The monoisotopic (exact) mass is 354 g/mol. The number of rotatable bonds is 6. The van der Waals surface area contributed by atoms with Gasteiger partial charge in [-0.25, -0.2) is 8.42 Å². The molecule has 2 rings (SSSR count). The number of benzene rings is 1. The van der Waals surface area contributed by atoms with Crippen molar-refractivity contribution in [3.63, 3.8) is 0 Å². The maximum atomic E-state index is 11.7. The van der Waals surface area contributed by atoms with E-state index in [4.69, 9.17) is 0 Å². The molecule has 0 saturated carbocycles. The summed E-state index contributed by atoms with van der Waals surface area (Å²) in [7, 11) is -2.04. The summed E-state index contributed by atoms with van der Waals surface area (Å²) >= 11 is 0. The first kappa shape index (κ1) is 17.9. The molecule has 9 nitrogen and oxygen atoms in total. The molecular formula is C14H18N4O5S. The molecule has 24 heavy (non-hydrogen) atoms. The third-order valence-electron chi connectivity index (χ3n) is 3.52. The van der Waals surface area contributed by atoms with Crippen LogP contribution >= 0.6 is 0 Å². The van der Waals surface area contributed by atoms with Crippen molar-refractivity contribution >= 4 is 21.2 Å². The fourth-order valence-corrected chi connectivity index (χ4v) is 3.01. The molecule has 1 unspecified atom stereocenters. The second-order valence-corrected chi connectivity index (χ2v) is 7.73. The summed E-state index contributed by atoms with van der Waals surface area (Å²) in [5.41, 5.74) is -0.795. The molecule has 0 aliphatic carbocycles. The number of nitro benzene ring substituents is 1. The number of aryl methyl sites for hydroxylation is 1. The number of sulfone groups is 1. The van der Waals surface area contributed by atoms with E-state index in [0.717, 1.165) is 12.3 Å². The summed E-state index contributed by atoms with van der Waals surface area (Å²) in [6.07, 6.45) is 4.10. The van der Waals surface area contributed by atoms with Gasteiger partial charge in [-0.05, 0) is 19.1 Å². The summed E-state index contributed by atoms with van der Waals surface area (Å²) in [5, 5.41) is 28.3. The van der Waals surface area contributed by atoms with Crippen LogP contribution in [0.25, 0.3) is 0 Å². The Morgan fingerprint density at radius 2 is 2.12 bits per heavy atom. The zero-order chi connectivity index (χ0) is 18.1. The SMILES string of the molecule is Cn1cc(C(C)(O)CNc2ccc([N+](=O)[O-])c(S(C)(=O)=O)c2)cn1. The number of nitrogens with zero attached hydrogens (tertiary/aromatic N) is 3. The average Bonchev–Trinajstić information content (AvgIpc) is 2.91. The predicted octanol–water partition coefficient (Wildman–Crippen LogP) is 1.05. The zero-order valence-corrected chi connectivity index (χ0v) is 14.2. The maximum absolute atomic E-state index is 11.7. The van der Waals surface area contributed by atoms with Gasteiger partial charge < -0.3 is 10.4 Å². The third kappa shape index (κ3) is 3.89. The van der Waals surface area contributed by atoms with Crippen LogP contribution in [0.5, 0.6) is 0 Å². The van der Waals surface area contributed by atoms with Crippen LogP contribution in [0.3, 0.4) is 0 Å². The molecule has 0 amide bonds. The second kappa shape index (κ2) is 6.21. The highest BCUT2D eigenvalue weighted by Gasteiger charge is 2.26. The van der Waals surface area contributed by atoms with Crippen LogP contribution in [0.1, 0.15) is 12.5 Å². The van der Waals surface area contributed by atoms with Crippen LogP contribution in [0.2, 0.25) is 0 Å². The summed E-state index contributed by atoms with van der Waals surface area (Å²) < 4.78 is 25.0. The molecule has 0 spiro atoms. The quantitative estimate of drug-likeness (QED) is 0.586. The van der Waals surface area contributed by atoms with Gasteiger partial charge in [0, 0.05) is 43.4 Å². The minimum atomic E-state index is -3.76. The summed E-state index contributed by atoms with van der Waals surface area (Å²) in [6.45, 7) is 1.65. The molecule has 1 atom stereocenters. The molecule has 1 aromatic carbocycles. The third-order valence-corrected chi connectivity index (χ3v) is 4.65. The van der Waals surface area contributed by atoms with E-state index in [2.05, 4.69) is 10.4 Å². The lowest BCUT2D eigenvalue weighted by Gasteiger charge is -2.23. The van der Waals surface area contributed by atoms with Crippen LogP contribution in [-0.2, 0) is 22.5 Å². The number of nitro groups is 1. The van der Waals surface area contributed by atoms with E-state index in [1.54, 1.807) is 24.9 Å². The first-order chi connectivity index (χ1) is 11.0. The molecule has 0 radical (unpaired) electrons. The molecule has 10 heteroatoms. The summed E-state index contributed by atoms with van der Waals surface area (Å²) in [5.74, 6) is 0. The van der Waals surface area contributed by atoms with Crippen LogP contribution in [0.15, 0.2) is 35.5 Å². The Morgan fingerprint density at radius 3 is 2.62 bits per heavy atom. The van der Waals surface area contributed by atoms with Crippen molar-refractivity contribution in [2.24, 2.45) is 7.05 Å². The molecule has 2 N–H and O–H groups in total. The number of hydrogen-bond acceptors (Lipinski definition) is 7. The minimum Gasteiger partial charge on any atom is -0.383 e. The maximum Gasteiger partial charge on any atom is 0.288 e. The van der Waals surface area contributed by atoms with Crippen molar-refractivity contribution in [1.82, 2.24) is 9.78 Å². The molecule has 2 aromatic rings. The molecule has 0 aliphatic heterocycles. The topological polar surface area (TPSA) is 127 Å². The van der Waals surface area contributed by atoms with Crippen LogP contribution in [0, 0.1) is 10.1 Å². The predicted molar refractivity (Wildman–Crippen MR) is 87.5 cm³/mol. The summed E-state index contributed by atoms with van der Waals surface area (Å²) in [4.78, 5) is 9.84. The Morgan fingerprint density at radius 1 is 1.46 bits per heavy atom. The lowest BCUT2D eigenvalue weighted by molar-refractivity contribution is -0.387. The lowest BCUT2D eigenvalue weighted by atomic mass is 9.99. The molecule has 0 bridgehead atoms. The van der Waals surface area contributed by atoms with Gasteiger partial charge in [-0.1, -0.05) is 0 Å². The first-order valence-corrected chi connectivity index (χ1v) is 8.84. The fraction of sp³-hybridized carbons (Fsp3) is 0.357. The molecular weight excluding hydrogens is 336 g/mol. The molecule has 0 saturated heterocycles. The van der Waals surface area contributed by atoms with Gasteiger partial charge >= 0.3 is 0 Å². The van der Waals surface area contributed by atoms with E-state index in [1.807, 2.05) is 0 Å². The van der Waals surface area contributed by atoms with Crippen molar-refractivity contribution in [3.8, 4) is 0 Å². The van der Waals surface area contributed by atoms with E-state index in [0.29, 0.717) is 11.3 Å².